The van der Waals surface area contributed by atoms with Gasteiger partial charge in [-0.3, -0.25) is 4.79 Å². The molecule has 0 aromatic heterocycles. The quantitative estimate of drug-likeness (QED) is 0.586. The van der Waals surface area contributed by atoms with Crippen molar-refractivity contribution in [1.29, 1.82) is 0 Å². The molecule has 1 atom stereocenters. The fraction of sp³-hybridized carbons (Fsp3) is 0.800. The van der Waals surface area contributed by atoms with Crippen LogP contribution in [0.3, 0.4) is 0 Å². The highest BCUT2D eigenvalue weighted by Gasteiger charge is 2.18. The predicted molar refractivity (Wildman–Crippen MR) is 55.8 cm³/mol. The van der Waals surface area contributed by atoms with Gasteiger partial charge < -0.3 is 15.8 Å². The van der Waals surface area contributed by atoms with Gasteiger partial charge in [-0.25, -0.2) is 0 Å². The monoisotopic (exact) mass is 200 g/mol. The van der Waals surface area contributed by atoms with Crippen molar-refractivity contribution in [3.05, 3.63) is 0 Å². The molecule has 0 rings (SSSR count). The molecule has 0 aliphatic heterocycles. The molecule has 0 bridgehead atoms. The van der Waals surface area contributed by atoms with Crippen LogP contribution in [0.5, 0.6) is 0 Å². The smallest absolute Gasteiger partial charge is 0.223 e. The third-order valence-corrected chi connectivity index (χ3v) is 2.16. The third kappa shape index (κ3) is 5.70. The van der Waals surface area contributed by atoms with Gasteiger partial charge in [0.2, 0.25) is 5.91 Å². The molecular formula is C10H20N2O2. The number of amides is 1. The van der Waals surface area contributed by atoms with Crippen LogP contribution in [0.15, 0.2) is 0 Å². The zero-order chi connectivity index (χ0) is 11.0. The van der Waals surface area contributed by atoms with Crippen molar-refractivity contribution in [2.24, 2.45) is 11.7 Å². The fourth-order valence-electron chi connectivity index (χ4n) is 1.41. The molecule has 4 nitrogen and oxygen atoms in total. The minimum Gasteiger partial charge on any atom is -0.359 e. The van der Waals surface area contributed by atoms with Crippen molar-refractivity contribution in [3.8, 4) is 0 Å². The molecule has 0 heterocycles. The molecule has 0 saturated carbocycles. The lowest BCUT2D eigenvalue weighted by Gasteiger charge is -2.13. The standard InChI is InChI=1S/C10H20N2O2/c1-8(13)7-9(10(14)12-2)5-3-4-6-11/h9H,3-7,11H2,1-2H3,(H,12,14). The van der Waals surface area contributed by atoms with Crippen molar-refractivity contribution >= 4 is 11.7 Å². The zero-order valence-electron chi connectivity index (χ0n) is 9.01. The van der Waals surface area contributed by atoms with Crippen LogP contribution in [-0.4, -0.2) is 25.3 Å². The van der Waals surface area contributed by atoms with Crippen molar-refractivity contribution < 1.29 is 9.59 Å². The normalized spacial score (nSPS) is 12.2. The van der Waals surface area contributed by atoms with Gasteiger partial charge in [0, 0.05) is 19.4 Å². The van der Waals surface area contributed by atoms with Crippen LogP contribution in [0.4, 0.5) is 0 Å². The summed E-state index contributed by atoms with van der Waals surface area (Å²) in [5.74, 6) is -0.160. The van der Waals surface area contributed by atoms with Gasteiger partial charge in [-0.2, -0.15) is 0 Å². The molecule has 1 amide bonds. The number of Topliss-reactive ketones (excluding diaryl/α,β-unsaturated/α-hetero) is 1. The van der Waals surface area contributed by atoms with E-state index in [4.69, 9.17) is 5.73 Å². The SMILES string of the molecule is CNC(=O)C(CCCCN)CC(C)=O. The van der Waals surface area contributed by atoms with Crippen LogP contribution < -0.4 is 11.1 Å². The second-order valence-electron chi connectivity index (χ2n) is 3.50. The van der Waals surface area contributed by atoms with Gasteiger partial charge in [-0.15, -0.1) is 0 Å². The number of hydrogen-bond acceptors (Lipinski definition) is 3. The van der Waals surface area contributed by atoms with E-state index in [1.54, 1.807) is 7.05 Å². The molecule has 3 N–H and O–H groups in total. The maximum atomic E-state index is 11.3. The first kappa shape index (κ1) is 13.1. The van der Waals surface area contributed by atoms with E-state index in [1.807, 2.05) is 0 Å². The Morgan fingerprint density at radius 3 is 2.43 bits per heavy atom. The van der Waals surface area contributed by atoms with Gasteiger partial charge in [0.15, 0.2) is 0 Å². The topological polar surface area (TPSA) is 72.2 Å². The van der Waals surface area contributed by atoms with Crippen LogP contribution in [0.1, 0.15) is 32.6 Å². The molecule has 0 spiro atoms. The van der Waals surface area contributed by atoms with E-state index in [-0.39, 0.29) is 17.6 Å². The summed E-state index contributed by atoms with van der Waals surface area (Å²) in [4.78, 5) is 22.2. The van der Waals surface area contributed by atoms with Gasteiger partial charge in [0.05, 0.1) is 0 Å². The van der Waals surface area contributed by atoms with Crippen molar-refractivity contribution in [2.45, 2.75) is 32.6 Å². The molecular weight excluding hydrogens is 180 g/mol. The molecule has 0 aliphatic rings. The number of carbonyl (C=O) groups excluding carboxylic acids is 2. The molecule has 0 saturated heterocycles. The Bertz CT molecular complexity index is 193. The first-order valence-electron chi connectivity index (χ1n) is 5.03. The molecule has 0 aliphatic carbocycles. The average Bonchev–Trinajstić information content (AvgIpc) is 2.15. The van der Waals surface area contributed by atoms with E-state index in [0.29, 0.717) is 13.0 Å². The van der Waals surface area contributed by atoms with E-state index in [9.17, 15) is 9.59 Å². The number of nitrogens with one attached hydrogen (secondary N) is 1. The van der Waals surface area contributed by atoms with Crippen LogP contribution in [-0.2, 0) is 9.59 Å². The minimum atomic E-state index is -0.177. The average molecular weight is 200 g/mol. The minimum absolute atomic E-state index is 0.0442. The highest BCUT2D eigenvalue weighted by Crippen LogP contribution is 2.13. The molecule has 14 heavy (non-hydrogen) atoms. The van der Waals surface area contributed by atoms with Gasteiger partial charge in [0.1, 0.15) is 5.78 Å². The Morgan fingerprint density at radius 2 is 2.00 bits per heavy atom. The largest absolute Gasteiger partial charge is 0.359 e. The summed E-state index contributed by atoms with van der Waals surface area (Å²) >= 11 is 0. The van der Waals surface area contributed by atoms with Crippen LogP contribution in [0, 0.1) is 5.92 Å². The summed E-state index contributed by atoms with van der Waals surface area (Å²) in [7, 11) is 1.60. The van der Waals surface area contributed by atoms with E-state index in [2.05, 4.69) is 5.32 Å². The molecule has 4 heteroatoms. The number of hydrogen-bond donors (Lipinski definition) is 2. The maximum Gasteiger partial charge on any atom is 0.223 e. The molecule has 0 aromatic rings. The van der Waals surface area contributed by atoms with Crippen molar-refractivity contribution in [2.75, 3.05) is 13.6 Å². The number of rotatable bonds is 7. The lowest BCUT2D eigenvalue weighted by Crippen LogP contribution is -2.28. The Hall–Kier alpha value is -0.900. The van der Waals surface area contributed by atoms with Gasteiger partial charge in [-0.1, -0.05) is 6.42 Å². The fourth-order valence-corrected chi connectivity index (χ4v) is 1.41. The van der Waals surface area contributed by atoms with Gasteiger partial charge in [-0.05, 0) is 26.3 Å². The second-order valence-corrected chi connectivity index (χ2v) is 3.50. The number of unbranched alkanes of at least 4 members (excludes halogenated alkanes) is 1. The van der Waals surface area contributed by atoms with Gasteiger partial charge >= 0.3 is 0 Å². The van der Waals surface area contributed by atoms with E-state index < -0.39 is 0 Å². The Morgan fingerprint density at radius 1 is 1.36 bits per heavy atom. The highest BCUT2D eigenvalue weighted by molar-refractivity contribution is 5.85. The van der Waals surface area contributed by atoms with Crippen LogP contribution >= 0.6 is 0 Å². The first-order chi connectivity index (χ1) is 6.61. The highest BCUT2D eigenvalue weighted by atomic mass is 16.2. The molecule has 1 unspecified atom stereocenters. The van der Waals surface area contributed by atoms with E-state index >= 15 is 0 Å². The Balaban J connectivity index is 3.97. The molecule has 0 aromatic carbocycles. The van der Waals surface area contributed by atoms with Crippen molar-refractivity contribution in [1.82, 2.24) is 5.32 Å². The summed E-state index contributed by atoms with van der Waals surface area (Å²) in [5, 5.41) is 2.57. The summed E-state index contributed by atoms with van der Waals surface area (Å²) in [6, 6.07) is 0. The number of ketones is 1. The van der Waals surface area contributed by atoms with E-state index in [0.717, 1.165) is 19.3 Å². The number of nitrogens with two attached hydrogens (primary N) is 1. The summed E-state index contributed by atoms with van der Waals surface area (Å²) in [6.07, 6.45) is 2.90. The summed E-state index contributed by atoms with van der Waals surface area (Å²) < 4.78 is 0. The Labute approximate surface area is 85.2 Å². The molecule has 82 valence electrons. The zero-order valence-corrected chi connectivity index (χ0v) is 9.01. The summed E-state index contributed by atoms with van der Waals surface area (Å²) in [5.41, 5.74) is 5.36. The second kappa shape index (κ2) is 7.50. The van der Waals surface area contributed by atoms with Crippen LogP contribution in [0.2, 0.25) is 0 Å². The first-order valence-corrected chi connectivity index (χ1v) is 5.03. The van der Waals surface area contributed by atoms with E-state index in [1.165, 1.54) is 6.92 Å². The third-order valence-electron chi connectivity index (χ3n) is 2.16. The van der Waals surface area contributed by atoms with Crippen LogP contribution in [0.25, 0.3) is 0 Å². The lowest BCUT2D eigenvalue weighted by atomic mass is 9.95. The van der Waals surface area contributed by atoms with Crippen molar-refractivity contribution in [3.63, 3.8) is 0 Å². The Kier molecular flexibility index (Phi) is 7.02. The maximum absolute atomic E-state index is 11.3. The van der Waals surface area contributed by atoms with Gasteiger partial charge in [0.25, 0.3) is 0 Å². The molecule has 0 fully saturated rings. The molecule has 0 radical (unpaired) electrons. The summed E-state index contributed by atoms with van der Waals surface area (Å²) in [6.45, 7) is 2.15. The lowest BCUT2D eigenvalue weighted by molar-refractivity contribution is -0.128. The number of carbonyl (C=O) groups is 2. The predicted octanol–water partition coefficient (Wildman–Crippen LogP) is 0.457.